The van der Waals surface area contributed by atoms with Crippen molar-refractivity contribution in [2.24, 2.45) is 0 Å². The molecule has 0 atom stereocenters. The summed E-state index contributed by atoms with van der Waals surface area (Å²) in [5.74, 6) is -2.59. The molecule has 0 saturated heterocycles. The number of hydrogen-bond donors (Lipinski definition) is 1. The van der Waals surface area contributed by atoms with E-state index in [1.165, 1.54) is 30.3 Å². The first-order chi connectivity index (χ1) is 11.8. The van der Waals surface area contributed by atoms with Crippen LogP contribution in [0.5, 0.6) is 0 Å². The van der Waals surface area contributed by atoms with Gasteiger partial charge in [0.05, 0.1) is 0 Å². The predicted molar refractivity (Wildman–Crippen MR) is 70.4 cm³/mol. The van der Waals surface area contributed by atoms with Gasteiger partial charge in [0.2, 0.25) is 0 Å². The Balaban J connectivity index is 2.56. The van der Waals surface area contributed by atoms with E-state index in [1.807, 2.05) is 0 Å². The Hall–Kier alpha value is -2.76. The quantitative estimate of drug-likeness (QED) is 0.788. The van der Waals surface area contributed by atoms with Crippen LogP contribution in [0.2, 0.25) is 0 Å². The number of nitrogens with zero attached hydrogens (tertiary/aromatic N) is 2. The molecular formula is C14H7F7N2O3. The molecule has 1 aromatic carbocycles. The van der Waals surface area contributed by atoms with Crippen LogP contribution in [-0.2, 0) is 10.8 Å². The van der Waals surface area contributed by atoms with Gasteiger partial charge in [-0.2, -0.15) is 30.7 Å². The molecule has 12 heteroatoms. The number of aromatic carboxylic acids is 1. The maximum absolute atomic E-state index is 13.9. The normalized spacial score (nSPS) is 12.9. The highest BCUT2D eigenvalue weighted by Gasteiger charge is 2.65. The van der Waals surface area contributed by atoms with Crippen molar-refractivity contribution in [1.82, 2.24) is 9.97 Å². The Morgan fingerprint density at radius 1 is 1.00 bits per heavy atom. The Bertz CT molecular complexity index is 810. The minimum absolute atomic E-state index is 0.0871. The van der Waals surface area contributed by atoms with E-state index in [9.17, 15) is 35.5 Å². The predicted octanol–water partition coefficient (Wildman–Crippen LogP) is 4.06. The zero-order chi connectivity index (χ0) is 19.8. The molecule has 0 aliphatic rings. The highest BCUT2D eigenvalue weighted by atomic mass is 19.4. The van der Waals surface area contributed by atoms with Crippen molar-refractivity contribution in [3.63, 3.8) is 0 Å². The fraction of sp³-hybridized carbons (Fsp3) is 0.214. The van der Waals surface area contributed by atoms with Crippen LogP contribution in [-0.4, -0.2) is 33.3 Å². The van der Waals surface area contributed by atoms with E-state index in [0.29, 0.717) is 6.20 Å². The Labute approximate surface area is 140 Å². The molecule has 26 heavy (non-hydrogen) atoms. The van der Waals surface area contributed by atoms with Crippen molar-refractivity contribution in [3.05, 3.63) is 47.8 Å². The highest BCUT2D eigenvalue weighted by Crippen LogP contribution is 2.44. The minimum Gasteiger partial charge on any atom is -0.478 e. The second kappa shape index (κ2) is 6.52. The second-order valence-electron chi connectivity index (χ2n) is 4.76. The first-order valence-corrected chi connectivity index (χ1v) is 6.54. The maximum atomic E-state index is 13.9. The van der Waals surface area contributed by atoms with Gasteiger partial charge in [0.1, 0.15) is 5.56 Å². The highest BCUT2D eigenvalue weighted by molar-refractivity contribution is 5.89. The molecule has 2 aromatic rings. The van der Waals surface area contributed by atoms with Gasteiger partial charge < -0.3 is 5.11 Å². The van der Waals surface area contributed by atoms with Crippen LogP contribution < -0.4 is 0 Å². The van der Waals surface area contributed by atoms with Crippen LogP contribution in [0.3, 0.4) is 0 Å². The third-order valence-corrected chi connectivity index (χ3v) is 2.91. The number of carboxylic acid groups (broad SMARTS) is 1. The Morgan fingerprint density at radius 3 is 2.08 bits per heavy atom. The molecular weight excluding hydrogens is 377 g/mol. The standard InChI is InChI=1S/C14H7F7N2O3/c15-12(16,26-14(20,21)13(17,18)19)9-8(11(24)25)6-22-10(23-9)7-4-2-1-3-5-7/h1-6H,(H,24,25). The maximum Gasteiger partial charge on any atom is 0.483 e. The van der Waals surface area contributed by atoms with Crippen LogP contribution in [0.1, 0.15) is 16.1 Å². The summed E-state index contributed by atoms with van der Waals surface area (Å²) in [6.07, 6.45) is -17.7. The van der Waals surface area contributed by atoms with Gasteiger partial charge in [0.25, 0.3) is 0 Å². The molecule has 5 nitrogen and oxygen atoms in total. The van der Waals surface area contributed by atoms with Crippen molar-refractivity contribution >= 4 is 5.97 Å². The lowest BCUT2D eigenvalue weighted by Crippen LogP contribution is -2.44. The zero-order valence-electron chi connectivity index (χ0n) is 12.3. The second-order valence-corrected chi connectivity index (χ2v) is 4.76. The van der Waals surface area contributed by atoms with E-state index in [1.54, 1.807) is 0 Å². The van der Waals surface area contributed by atoms with Gasteiger partial charge in [-0.25, -0.2) is 19.5 Å². The van der Waals surface area contributed by atoms with Gasteiger partial charge in [-0.15, -0.1) is 0 Å². The lowest BCUT2D eigenvalue weighted by molar-refractivity contribution is -0.462. The number of benzene rings is 1. The summed E-state index contributed by atoms with van der Waals surface area (Å²) in [5.41, 5.74) is -3.25. The number of carboxylic acids is 1. The molecule has 140 valence electrons. The van der Waals surface area contributed by atoms with E-state index < -0.39 is 41.4 Å². The van der Waals surface area contributed by atoms with Gasteiger partial charge in [0.15, 0.2) is 11.5 Å². The molecule has 0 bridgehead atoms. The summed E-state index contributed by atoms with van der Waals surface area (Å²) >= 11 is 0. The van der Waals surface area contributed by atoms with E-state index in [4.69, 9.17) is 5.11 Å². The van der Waals surface area contributed by atoms with Crippen molar-refractivity contribution in [2.75, 3.05) is 0 Å². The lowest BCUT2D eigenvalue weighted by atomic mass is 10.1. The molecule has 0 aliphatic carbocycles. The summed E-state index contributed by atoms with van der Waals surface area (Å²) < 4.78 is 92.6. The van der Waals surface area contributed by atoms with Crippen LogP contribution in [0.15, 0.2) is 36.5 Å². The number of rotatable bonds is 5. The average Bonchev–Trinajstić information content (AvgIpc) is 2.53. The lowest BCUT2D eigenvalue weighted by Gasteiger charge is -2.25. The Kier molecular flexibility index (Phi) is 4.90. The summed E-state index contributed by atoms with van der Waals surface area (Å²) in [6.45, 7) is 0. The first kappa shape index (κ1) is 19.6. The summed E-state index contributed by atoms with van der Waals surface area (Å²) in [5, 5.41) is 8.87. The van der Waals surface area contributed by atoms with E-state index >= 15 is 0 Å². The van der Waals surface area contributed by atoms with Crippen molar-refractivity contribution < 1.29 is 45.4 Å². The van der Waals surface area contributed by atoms with Crippen LogP contribution >= 0.6 is 0 Å². The summed E-state index contributed by atoms with van der Waals surface area (Å²) in [7, 11) is 0. The topological polar surface area (TPSA) is 72.3 Å². The molecule has 0 spiro atoms. The fourth-order valence-corrected chi connectivity index (χ4v) is 1.75. The third-order valence-electron chi connectivity index (χ3n) is 2.91. The number of carbonyl (C=O) groups is 1. The van der Waals surface area contributed by atoms with Crippen LogP contribution in [0, 0.1) is 0 Å². The van der Waals surface area contributed by atoms with Crippen LogP contribution in [0.25, 0.3) is 11.4 Å². The number of hydrogen-bond acceptors (Lipinski definition) is 4. The molecule has 2 rings (SSSR count). The minimum atomic E-state index is -6.45. The van der Waals surface area contributed by atoms with Crippen molar-refractivity contribution in [1.29, 1.82) is 0 Å². The van der Waals surface area contributed by atoms with Gasteiger partial charge in [0, 0.05) is 11.8 Å². The number of aromatic nitrogens is 2. The van der Waals surface area contributed by atoms with E-state index in [2.05, 4.69) is 14.7 Å². The van der Waals surface area contributed by atoms with E-state index in [-0.39, 0.29) is 5.56 Å². The van der Waals surface area contributed by atoms with Gasteiger partial charge >= 0.3 is 24.4 Å². The van der Waals surface area contributed by atoms with Gasteiger partial charge in [-0.3, -0.25) is 0 Å². The molecule has 0 saturated carbocycles. The SMILES string of the molecule is O=C(O)c1cnc(-c2ccccc2)nc1C(F)(F)OC(F)(F)C(F)(F)F. The molecule has 1 aromatic heterocycles. The summed E-state index contributed by atoms with van der Waals surface area (Å²) in [4.78, 5) is 17.6. The molecule has 1 N–H and O–H groups in total. The summed E-state index contributed by atoms with van der Waals surface area (Å²) in [6, 6.07) is 7.06. The molecule has 0 aliphatic heterocycles. The monoisotopic (exact) mass is 384 g/mol. The largest absolute Gasteiger partial charge is 0.483 e. The third kappa shape index (κ3) is 3.90. The molecule has 0 unspecified atom stereocenters. The van der Waals surface area contributed by atoms with Crippen molar-refractivity contribution in [2.45, 2.75) is 18.4 Å². The number of halogens is 7. The fourth-order valence-electron chi connectivity index (χ4n) is 1.75. The number of alkyl halides is 7. The first-order valence-electron chi connectivity index (χ1n) is 6.54. The molecule has 0 fully saturated rings. The van der Waals surface area contributed by atoms with Gasteiger partial charge in [-0.1, -0.05) is 30.3 Å². The molecule has 0 radical (unpaired) electrons. The molecule has 1 heterocycles. The molecule has 0 amide bonds. The van der Waals surface area contributed by atoms with Crippen molar-refractivity contribution in [3.8, 4) is 11.4 Å². The zero-order valence-corrected chi connectivity index (χ0v) is 12.3. The Morgan fingerprint density at radius 2 is 1.58 bits per heavy atom. The van der Waals surface area contributed by atoms with Gasteiger partial charge in [-0.05, 0) is 0 Å². The van der Waals surface area contributed by atoms with Crippen LogP contribution in [0.4, 0.5) is 30.7 Å². The smallest absolute Gasteiger partial charge is 0.478 e. The van der Waals surface area contributed by atoms with E-state index in [0.717, 1.165) is 0 Å². The average molecular weight is 384 g/mol. The number of ether oxygens (including phenoxy) is 1.